The van der Waals surface area contributed by atoms with Crippen molar-refractivity contribution >= 4 is 11.9 Å². The average Bonchev–Trinajstić information content (AvgIpc) is 2.78. The van der Waals surface area contributed by atoms with Crippen molar-refractivity contribution in [1.29, 1.82) is 0 Å². The quantitative estimate of drug-likeness (QED) is 0.752. The highest BCUT2D eigenvalue weighted by Gasteiger charge is 2.34. The van der Waals surface area contributed by atoms with Gasteiger partial charge in [0.05, 0.1) is 13.0 Å². The monoisotopic (exact) mass is 247 g/mol. The highest BCUT2D eigenvalue weighted by atomic mass is 16.5. The Morgan fingerprint density at radius 1 is 1.39 bits per heavy atom. The van der Waals surface area contributed by atoms with Crippen LogP contribution in [0.5, 0.6) is 0 Å². The van der Waals surface area contributed by atoms with Crippen LogP contribution >= 0.6 is 0 Å². The van der Waals surface area contributed by atoms with Crippen LogP contribution in [0.4, 0.5) is 0 Å². The molecular formula is C14H17NO3. The Balaban J connectivity index is 1.87. The number of carbonyl (C=O) groups excluding carboxylic acids is 2. The van der Waals surface area contributed by atoms with E-state index in [4.69, 9.17) is 0 Å². The van der Waals surface area contributed by atoms with Gasteiger partial charge in [-0.3, -0.25) is 9.59 Å². The van der Waals surface area contributed by atoms with Crippen LogP contribution in [0.3, 0.4) is 0 Å². The maximum Gasteiger partial charge on any atom is 0.310 e. The van der Waals surface area contributed by atoms with E-state index in [1.54, 1.807) is 4.90 Å². The molecule has 1 aliphatic rings. The largest absolute Gasteiger partial charge is 0.469 e. The Morgan fingerprint density at radius 2 is 2.11 bits per heavy atom. The number of ether oxygens (including phenoxy) is 1. The molecule has 18 heavy (non-hydrogen) atoms. The Labute approximate surface area is 107 Å². The number of likely N-dealkylation sites (tertiary alicyclic amines) is 1. The molecule has 1 aliphatic heterocycles. The summed E-state index contributed by atoms with van der Waals surface area (Å²) in [5, 5.41) is 0. The smallest absolute Gasteiger partial charge is 0.310 e. The lowest BCUT2D eigenvalue weighted by Gasteiger charge is -2.16. The molecule has 0 spiro atoms. The molecule has 0 saturated carbocycles. The van der Waals surface area contributed by atoms with E-state index < -0.39 is 0 Å². The van der Waals surface area contributed by atoms with E-state index in [-0.39, 0.29) is 24.2 Å². The van der Waals surface area contributed by atoms with Gasteiger partial charge in [0.15, 0.2) is 0 Å². The lowest BCUT2D eigenvalue weighted by Crippen LogP contribution is -2.28. The Kier molecular flexibility index (Phi) is 3.97. The zero-order chi connectivity index (χ0) is 13.0. The second-order valence-electron chi connectivity index (χ2n) is 4.50. The first kappa shape index (κ1) is 12.6. The summed E-state index contributed by atoms with van der Waals surface area (Å²) in [6, 6.07) is 10.0. The van der Waals surface area contributed by atoms with E-state index in [9.17, 15) is 9.59 Å². The number of nitrogens with zero attached hydrogens (tertiary/aromatic N) is 1. The highest BCUT2D eigenvalue weighted by molar-refractivity contribution is 5.86. The Morgan fingerprint density at radius 3 is 2.78 bits per heavy atom. The minimum Gasteiger partial charge on any atom is -0.469 e. The number of hydrogen-bond donors (Lipinski definition) is 0. The summed E-state index contributed by atoms with van der Waals surface area (Å²) in [5.74, 6) is -0.537. The van der Waals surface area contributed by atoms with Crippen molar-refractivity contribution in [1.82, 2.24) is 4.90 Å². The number of benzene rings is 1. The average molecular weight is 247 g/mol. The van der Waals surface area contributed by atoms with Crippen molar-refractivity contribution in [2.24, 2.45) is 5.92 Å². The van der Waals surface area contributed by atoms with Crippen molar-refractivity contribution in [3.05, 3.63) is 35.9 Å². The lowest BCUT2D eigenvalue weighted by molar-refractivity contribution is -0.145. The van der Waals surface area contributed by atoms with Crippen molar-refractivity contribution < 1.29 is 14.3 Å². The summed E-state index contributed by atoms with van der Waals surface area (Å²) in [4.78, 5) is 24.9. The van der Waals surface area contributed by atoms with Crippen LogP contribution in [-0.4, -0.2) is 37.0 Å². The van der Waals surface area contributed by atoms with Gasteiger partial charge in [0.1, 0.15) is 0 Å². The molecule has 0 radical (unpaired) electrons. The maximum atomic E-state index is 11.7. The minimum atomic E-state index is -0.293. The summed E-state index contributed by atoms with van der Waals surface area (Å²) in [5.41, 5.74) is 1.20. The number of carbonyl (C=O) groups is 2. The van der Waals surface area contributed by atoms with Gasteiger partial charge in [0, 0.05) is 19.5 Å². The van der Waals surface area contributed by atoms with Gasteiger partial charge >= 0.3 is 5.97 Å². The molecule has 0 N–H and O–H groups in total. The third-order valence-corrected chi connectivity index (χ3v) is 3.26. The molecule has 0 aliphatic carbocycles. The second kappa shape index (κ2) is 5.67. The first-order valence-corrected chi connectivity index (χ1v) is 6.10. The zero-order valence-corrected chi connectivity index (χ0v) is 10.5. The molecule has 2 rings (SSSR count). The van der Waals surface area contributed by atoms with Crippen LogP contribution in [0.15, 0.2) is 30.3 Å². The van der Waals surface area contributed by atoms with E-state index in [1.165, 1.54) is 12.7 Å². The molecule has 96 valence electrons. The molecule has 4 heteroatoms. The predicted octanol–water partition coefficient (Wildman–Crippen LogP) is 1.25. The third kappa shape index (κ3) is 2.88. The van der Waals surface area contributed by atoms with Crippen molar-refractivity contribution in [2.75, 3.05) is 20.2 Å². The number of rotatable bonds is 4. The molecule has 1 unspecified atom stereocenters. The molecule has 0 aromatic heterocycles. The molecule has 1 amide bonds. The first-order valence-electron chi connectivity index (χ1n) is 6.10. The van der Waals surface area contributed by atoms with Gasteiger partial charge in [0.25, 0.3) is 0 Å². The zero-order valence-electron chi connectivity index (χ0n) is 10.5. The van der Waals surface area contributed by atoms with E-state index in [1.807, 2.05) is 30.3 Å². The molecule has 1 heterocycles. The standard InChI is InChI=1S/C14H17NO3/c1-18-14(17)12-9-13(16)15(10-12)8-7-11-5-3-2-4-6-11/h2-6,12H,7-10H2,1H3. The van der Waals surface area contributed by atoms with Crippen LogP contribution < -0.4 is 0 Å². The SMILES string of the molecule is COC(=O)C1CC(=O)N(CCc2ccccc2)C1. The molecule has 1 atom stereocenters. The molecule has 1 saturated heterocycles. The molecule has 4 nitrogen and oxygen atoms in total. The van der Waals surface area contributed by atoms with Crippen LogP contribution in [0.2, 0.25) is 0 Å². The topological polar surface area (TPSA) is 46.6 Å². The maximum absolute atomic E-state index is 11.7. The highest BCUT2D eigenvalue weighted by Crippen LogP contribution is 2.19. The first-order chi connectivity index (χ1) is 8.70. The summed E-state index contributed by atoms with van der Waals surface area (Å²) in [6.45, 7) is 1.15. The van der Waals surface area contributed by atoms with E-state index in [0.29, 0.717) is 13.1 Å². The molecule has 0 bridgehead atoms. The van der Waals surface area contributed by atoms with Gasteiger partial charge in [-0.15, -0.1) is 0 Å². The van der Waals surface area contributed by atoms with Crippen LogP contribution in [0.25, 0.3) is 0 Å². The number of methoxy groups -OCH3 is 1. The van der Waals surface area contributed by atoms with Crippen molar-refractivity contribution in [3.63, 3.8) is 0 Å². The summed E-state index contributed by atoms with van der Waals surface area (Å²) < 4.78 is 4.68. The molecule has 1 aromatic carbocycles. The second-order valence-corrected chi connectivity index (χ2v) is 4.50. The fraction of sp³-hybridized carbons (Fsp3) is 0.429. The van der Waals surface area contributed by atoms with E-state index >= 15 is 0 Å². The van der Waals surface area contributed by atoms with Crippen LogP contribution in [-0.2, 0) is 20.7 Å². The van der Waals surface area contributed by atoms with Crippen LogP contribution in [0, 0.1) is 5.92 Å². The number of esters is 1. The van der Waals surface area contributed by atoms with Gasteiger partial charge in [-0.05, 0) is 12.0 Å². The Bertz CT molecular complexity index is 430. The molecular weight excluding hydrogens is 230 g/mol. The summed E-state index contributed by atoms with van der Waals surface area (Å²) in [6.07, 6.45) is 1.10. The van der Waals surface area contributed by atoms with Gasteiger partial charge in [-0.25, -0.2) is 0 Å². The minimum absolute atomic E-state index is 0.0429. The summed E-state index contributed by atoms with van der Waals surface area (Å²) >= 11 is 0. The van der Waals surface area contributed by atoms with Gasteiger partial charge < -0.3 is 9.64 Å². The van der Waals surface area contributed by atoms with E-state index in [0.717, 1.165) is 6.42 Å². The van der Waals surface area contributed by atoms with Gasteiger partial charge in [-0.1, -0.05) is 30.3 Å². The van der Waals surface area contributed by atoms with Gasteiger partial charge in [-0.2, -0.15) is 0 Å². The Hall–Kier alpha value is -1.84. The van der Waals surface area contributed by atoms with E-state index in [2.05, 4.69) is 4.74 Å². The predicted molar refractivity (Wildman–Crippen MR) is 66.8 cm³/mol. The number of hydrogen-bond acceptors (Lipinski definition) is 3. The third-order valence-electron chi connectivity index (χ3n) is 3.26. The molecule has 1 fully saturated rings. The fourth-order valence-corrected chi connectivity index (χ4v) is 2.22. The van der Waals surface area contributed by atoms with Crippen molar-refractivity contribution in [2.45, 2.75) is 12.8 Å². The normalized spacial score (nSPS) is 19.1. The van der Waals surface area contributed by atoms with Crippen molar-refractivity contribution in [3.8, 4) is 0 Å². The fourth-order valence-electron chi connectivity index (χ4n) is 2.22. The van der Waals surface area contributed by atoms with Gasteiger partial charge in [0.2, 0.25) is 5.91 Å². The molecule has 1 aromatic rings. The summed E-state index contributed by atoms with van der Waals surface area (Å²) in [7, 11) is 1.36. The van der Waals surface area contributed by atoms with Crippen LogP contribution in [0.1, 0.15) is 12.0 Å². The number of amides is 1. The lowest BCUT2D eigenvalue weighted by atomic mass is 10.1.